The summed E-state index contributed by atoms with van der Waals surface area (Å²) in [6.07, 6.45) is 0. The third-order valence-electron chi connectivity index (χ3n) is 5.11. The summed E-state index contributed by atoms with van der Waals surface area (Å²) in [4.78, 5) is 12.3. The fourth-order valence-electron chi connectivity index (χ4n) is 3.51. The van der Waals surface area contributed by atoms with Crippen LogP contribution in [0.2, 0.25) is 5.02 Å². The van der Waals surface area contributed by atoms with Crippen LogP contribution in [0.5, 0.6) is 17.2 Å². The topological polar surface area (TPSA) is 94.6 Å². The van der Waals surface area contributed by atoms with Gasteiger partial charge in [0.15, 0.2) is 6.61 Å². The van der Waals surface area contributed by atoms with Gasteiger partial charge in [-0.3, -0.25) is 0 Å². The van der Waals surface area contributed by atoms with Crippen LogP contribution in [0.3, 0.4) is 0 Å². The molecule has 0 saturated carbocycles. The quantitative estimate of drug-likeness (QED) is 0.343. The molecule has 1 heterocycles. The lowest BCUT2D eigenvalue weighted by atomic mass is 9.83. The Morgan fingerprint density at radius 1 is 1.15 bits per heavy atom. The van der Waals surface area contributed by atoms with Crippen molar-refractivity contribution in [2.75, 3.05) is 6.61 Å². The minimum absolute atomic E-state index is 0.0165. The first-order chi connectivity index (χ1) is 15.9. The van der Waals surface area contributed by atoms with E-state index in [0.29, 0.717) is 22.1 Å². The molecule has 1 atom stereocenters. The molecule has 166 valence electrons. The van der Waals surface area contributed by atoms with E-state index in [1.807, 2.05) is 31.2 Å². The average Bonchev–Trinajstić information content (AvgIpc) is 2.79. The Labute approximate surface area is 204 Å². The van der Waals surface area contributed by atoms with Gasteiger partial charge in [-0.05, 0) is 54.4 Å². The van der Waals surface area contributed by atoms with Crippen molar-refractivity contribution in [1.82, 2.24) is 0 Å². The van der Waals surface area contributed by atoms with Crippen molar-refractivity contribution >= 4 is 33.5 Å². The summed E-state index contributed by atoms with van der Waals surface area (Å²) in [5.41, 5.74) is 8.84. The molecule has 4 rings (SSSR count). The normalized spacial score (nSPS) is 14.7. The fourth-order valence-corrected chi connectivity index (χ4v) is 3.89. The van der Waals surface area contributed by atoms with E-state index in [4.69, 9.17) is 31.5 Å². The summed E-state index contributed by atoms with van der Waals surface area (Å²) in [5.74, 6) is 0.248. The molecule has 0 aromatic heterocycles. The highest BCUT2D eigenvalue weighted by Gasteiger charge is 2.31. The van der Waals surface area contributed by atoms with Crippen LogP contribution in [0.1, 0.15) is 22.6 Å². The zero-order valence-electron chi connectivity index (χ0n) is 17.5. The van der Waals surface area contributed by atoms with Crippen LogP contribution in [-0.4, -0.2) is 12.6 Å². The van der Waals surface area contributed by atoms with Crippen LogP contribution < -0.4 is 19.9 Å². The molecule has 6 nitrogen and oxygen atoms in total. The Morgan fingerprint density at radius 3 is 2.58 bits per heavy atom. The number of hydrogen-bond donors (Lipinski definition) is 1. The SMILES string of the molecule is Cc1cc(OCC(=O)Oc2ccc3c(c2)OC(N)=C(C#N)C3c2ccc(Br)cc2)ccc1Cl. The molecule has 0 bridgehead atoms. The van der Waals surface area contributed by atoms with Gasteiger partial charge in [0.05, 0.1) is 5.92 Å². The van der Waals surface area contributed by atoms with Crippen molar-refractivity contribution in [3.63, 3.8) is 0 Å². The monoisotopic (exact) mass is 524 g/mol. The van der Waals surface area contributed by atoms with E-state index in [1.165, 1.54) is 0 Å². The highest BCUT2D eigenvalue weighted by Crippen LogP contribution is 2.43. The second-order valence-electron chi connectivity index (χ2n) is 7.35. The maximum atomic E-state index is 12.3. The lowest BCUT2D eigenvalue weighted by Gasteiger charge is -2.26. The number of carbonyl (C=O) groups is 1. The number of allylic oxidation sites excluding steroid dienone is 1. The summed E-state index contributed by atoms with van der Waals surface area (Å²) in [6, 6.07) is 19.9. The van der Waals surface area contributed by atoms with Crippen LogP contribution in [0.4, 0.5) is 0 Å². The van der Waals surface area contributed by atoms with Crippen LogP contribution in [0.15, 0.2) is 76.6 Å². The summed E-state index contributed by atoms with van der Waals surface area (Å²) < 4.78 is 17.5. The highest BCUT2D eigenvalue weighted by atomic mass is 79.9. The van der Waals surface area contributed by atoms with Crippen LogP contribution >= 0.6 is 27.5 Å². The van der Waals surface area contributed by atoms with E-state index in [1.54, 1.807) is 36.4 Å². The zero-order chi connectivity index (χ0) is 23.5. The number of nitriles is 1. The van der Waals surface area contributed by atoms with Crippen LogP contribution in [-0.2, 0) is 4.79 Å². The maximum Gasteiger partial charge on any atom is 0.349 e. The number of benzene rings is 3. The number of rotatable bonds is 5. The first-order valence-electron chi connectivity index (χ1n) is 9.92. The van der Waals surface area contributed by atoms with Gasteiger partial charge >= 0.3 is 5.97 Å². The third kappa shape index (κ3) is 4.98. The zero-order valence-corrected chi connectivity index (χ0v) is 19.8. The largest absolute Gasteiger partial charge is 0.482 e. The molecule has 0 aliphatic carbocycles. The molecule has 2 N–H and O–H groups in total. The van der Waals surface area contributed by atoms with Crippen LogP contribution in [0, 0.1) is 18.3 Å². The molecule has 0 fully saturated rings. The second-order valence-corrected chi connectivity index (χ2v) is 8.67. The van der Waals surface area contributed by atoms with Crippen molar-refractivity contribution in [1.29, 1.82) is 5.26 Å². The number of fused-ring (bicyclic) bond motifs is 1. The van der Waals surface area contributed by atoms with E-state index < -0.39 is 11.9 Å². The second kappa shape index (κ2) is 9.57. The van der Waals surface area contributed by atoms with Gasteiger partial charge in [0.25, 0.3) is 0 Å². The number of halogens is 2. The molecule has 1 aliphatic heterocycles. The predicted octanol–water partition coefficient (Wildman–Crippen LogP) is 5.61. The molecule has 0 saturated heterocycles. The Kier molecular flexibility index (Phi) is 6.59. The maximum absolute atomic E-state index is 12.3. The standard InChI is InChI=1S/C25H18BrClN2O4/c1-14-10-17(7-9-21(14)27)31-13-23(30)32-18-6-8-19-22(11-18)33-25(29)20(12-28)24(19)15-2-4-16(26)5-3-15/h2-11,24H,13,29H2,1H3. The van der Waals surface area contributed by atoms with Crippen molar-refractivity contribution in [3.8, 4) is 23.3 Å². The first kappa shape index (κ1) is 22.7. The van der Waals surface area contributed by atoms with E-state index in [-0.39, 0.29) is 18.2 Å². The number of esters is 1. The molecule has 0 spiro atoms. The van der Waals surface area contributed by atoms with E-state index >= 15 is 0 Å². The number of hydrogen-bond acceptors (Lipinski definition) is 6. The number of carbonyl (C=O) groups excluding carboxylic acids is 1. The van der Waals surface area contributed by atoms with E-state index in [0.717, 1.165) is 21.2 Å². The molecular weight excluding hydrogens is 508 g/mol. The molecule has 3 aromatic rings. The predicted molar refractivity (Wildman–Crippen MR) is 127 cm³/mol. The summed E-state index contributed by atoms with van der Waals surface area (Å²) in [7, 11) is 0. The van der Waals surface area contributed by atoms with E-state index in [2.05, 4.69) is 22.0 Å². The summed E-state index contributed by atoms with van der Waals surface area (Å²) in [6.45, 7) is 1.57. The number of aryl methyl sites for hydroxylation is 1. The minimum Gasteiger partial charge on any atom is -0.482 e. The molecule has 33 heavy (non-hydrogen) atoms. The fraction of sp³-hybridized carbons (Fsp3) is 0.120. The van der Waals surface area contributed by atoms with Crippen molar-refractivity contribution in [2.45, 2.75) is 12.8 Å². The third-order valence-corrected chi connectivity index (χ3v) is 6.06. The van der Waals surface area contributed by atoms with Crippen molar-refractivity contribution in [2.24, 2.45) is 5.73 Å². The van der Waals surface area contributed by atoms with Crippen molar-refractivity contribution in [3.05, 3.63) is 98.3 Å². The molecular formula is C25H18BrClN2O4. The first-order valence-corrected chi connectivity index (χ1v) is 11.1. The van der Waals surface area contributed by atoms with Crippen LogP contribution in [0.25, 0.3) is 0 Å². The molecule has 0 amide bonds. The smallest absolute Gasteiger partial charge is 0.349 e. The molecule has 0 radical (unpaired) electrons. The van der Waals surface area contributed by atoms with Gasteiger partial charge in [-0.1, -0.05) is 45.7 Å². The molecule has 8 heteroatoms. The Bertz CT molecular complexity index is 1300. The molecule has 1 aliphatic rings. The highest BCUT2D eigenvalue weighted by molar-refractivity contribution is 9.10. The minimum atomic E-state index is -0.580. The number of ether oxygens (including phenoxy) is 3. The van der Waals surface area contributed by atoms with Gasteiger partial charge in [0.1, 0.15) is 28.9 Å². The van der Waals surface area contributed by atoms with Gasteiger partial charge in [-0.25, -0.2) is 4.79 Å². The molecule has 3 aromatic carbocycles. The van der Waals surface area contributed by atoms with Gasteiger partial charge in [-0.15, -0.1) is 0 Å². The van der Waals surface area contributed by atoms with Gasteiger partial charge < -0.3 is 19.9 Å². The Hall–Kier alpha value is -3.47. The van der Waals surface area contributed by atoms with Gasteiger partial charge in [0, 0.05) is 21.1 Å². The molecule has 1 unspecified atom stereocenters. The summed E-state index contributed by atoms with van der Waals surface area (Å²) >= 11 is 9.42. The van der Waals surface area contributed by atoms with Gasteiger partial charge in [0.2, 0.25) is 5.88 Å². The van der Waals surface area contributed by atoms with Crippen molar-refractivity contribution < 1.29 is 19.0 Å². The Morgan fingerprint density at radius 2 is 1.88 bits per heavy atom. The summed E-state index contributed by atoms with van der Waals surface area (Å²) in [5, 5.41) is 10.3. The van der Waals surface area contributed by atoms with Gasteiger partial charge in [-0.2, -0.15) is 5.26 Å². The Balaban J connectivity index is 1.53. The number of nitrogens with two attached hydrogens (primary N) is 1. The van der Waals surface area contributed by atoms with E-state index in [9.17, 15) is 10.1 Å². The average molecular weight is 526 g/mol. The lowest BCUT2D eigenvalue weighted by molar-refractivity contribution is -0.136. The number of nitrogens with zero attached hydrogens (tertiary/aromatic N) is 1. The lowest BCUT2D eigenvalue weighted by Crippen LogP contribution is -2.21.